The van der Waals surface area contributed by atoms with Gasteiger partial charge in [0.15, 0.2) is 6.61 Å². The minimum absolute atomic E-state index is 0.0495. The Bertz CT molecular complexity index is 549. The molecule has 2 rings (SSSR count). The molecule has 4 heteroatoms. The second kappa shape index (κ2) is 6.38. The van der Waals surface area contributed by atoms with Crippen molar-refractivity contribution in [3.8, 4) is 5.75 Å². The van der Waals surface area contributed by atoms with Crippen LogP contribution in [0.3, 0.4) is 0 Å². The largest absolute Gasteiger partial charge is 0.484 e. The number of carbonyl (C=O) groups is 1. The standard InChI is InChI=1S/C15H17NO2S/c1-11-5-6-13(8-12(11)2)18-10-15(17)16-9-14-4-3-7-19-14/h3-8H,9-10H2,1-2H3,(H,16,17). The molecule has 1 aromatic heterocycles. The van der Waals surface area contributed by atoms with Crippen LogP contribution in [0.25, 0.3) is 0 Å². The molecular formula is C15H17NO2S. The summed E-state index contributed by atoms with van der Waals surface area (Å²) in [6.45, 7) is 4.69. The number of hydrogen-bond donors (Lipinski definition) is 1. The summed E-state index contributed by atoms with van der Waals surface area (Å²) in [4.78, 5) is 12.8. The summed E-state index contributed by atoms with van der Waals surface area (Å²) in [5.74, 6) is 0.626. The Kier molecular flexibility index (Phi) is 4.58. The minimum Gasteiger partial charge on any atom is -0.484 e. The monoisotopic (exact) mass is 275 g/mol. The first-order valence-electron chi connectivity index (χ1n) is 6.14. The first kappa shape index (κ1) is 13.6. The van der Waals surface area contributed by atoms with Crippen LogP contribution in [-0.2, 0) is 11.3 Å². The zero-order valence-corrected chi connectivity index (χ0v) is 11.9. The van der Waals surface area contributed by atoms with E-state index >= 15 is 0 Å². The highest BCUT2D eigenvalue weighted by atomic mass is 32.1. The van der Waals surface area contributed by atoms with Crippen molar-refractivity contribution >= 4 is 17.2 Å². The molecule has 3 nitrogen and oxygen atoms in total. The molecule has 0 saturated heterocycles. The topological polar surface area (TPSA) is 38.3 Å². The molecule has 0 radical (unpaired) electrons. The Labute approximate surface area is 117 Å². The average Bonchev–Trinajstić information content (AvgIpc) is 2.91. The van der Waals surface area contributed by atoms with Gasteiger partial charge < -0.3 is 10.1 Å². The van der Waals surface area contributed by atoms with Crippen molar-refractivity contribution < 1.29 is 9.53 Å². The Balaban J connectivity index is 1.78. The van der Waals surface area contributed by atoms with E-state index in [0.717, 1.165) is 16.2 Å². The van der Waals surface area contributed by atoms with E-state index in [-0.39, 0.29) is 12.5 Å². The summed E-state index contributed by atoms with van der Waals surface area (Å²) < 4.78 is 5.46. The molecule has 0 aliphatic carbocycles. The maximum Gasteiger partial charge on any atom is 0.258 e. The van der Waals surface area contributed by atoms with Crippen LogP contribution in [-0.4, -0.2) is 12.5 Å². The van der Waals surface area contributed by atoms with E-state index < -0.39 is 0 Å². The fourth-order valence-corrected chi connectivity index (χ4v) is 2.25. The Morgan fingerprint density at radius 2 is 2.11 bits per heavy atom. The van der Waals surface area contributed by atoms with Gasteiger partial charge in [0, 0.05) is 4.88 Å². The molecule has 2 aromatic rings. The van der Waals surface area contributed by atoms with Crippen LogP contribution in [0.2, 0.25) is 0 Å². The van der Waals surface area contributed by atoms with Gasteiger partial charge in [0.25, 0.3) is 5.91 Å². The van der Waals surface area contributed by atoms with Gasteiger partial charge in [0.05, 0.1) is 6.54 Å². The molecule has 0 fully saturated rings. The number of benzene rings is 1. The average molecular weight is 275 g/mol. The summed E-state index contributed by atoms with van der Waals surface area (Å²) >= 11 is 1.63. The molecule has 100 valence electrons. The van der Waals surface area contributed by atoms with E-state index in [1.165, 1.54) is 5.56 Å². The van der Waals surface area contributed by atoms with Crippen LogP contribution in [0.4, 0.5) is 0 Å². The number of ether oxygens (including phenoxy) is 1. The predicted molar refractivity (Wildman–Crippen MR) is 77.6 cm³/mol. The summed E-state index contributed by atoms with van der Waals surface area (Å²) in [5, 5.41) is 4.82. The number of rotatable bonds is 5. The first-order chi connectivity index (χ1) is 9.15. The van der Waals surface area contributed by atoms with E-state index in [2.05, 4.69) is 5.32 Å². The number of amides is 1. The summed E-state index contributed by atoms with van der Waals surface area (Å²) in [5.41, 5.74) is 2.38. The first-order valence-corrected chi connectivity index (χ1v) is 7.02. The highest BCUT2D eigenvalue weighted by molar-refractivity contribution is 7.09. The van der Waals surface area contributed by atoms with Gasteiger partial charge in [-0.1, -0.05) is 12.1 Å². The van der Waals surface area contributed by atoms with Gasteiger partial charge in [-0.3, -0.25) is 4.79 Å². The second-order valence-electron chi connectivity index (χ2n) is 4.39. The Morgan fingerprint density at radius 1 is 1.26 bits per heavy atom. The molecule has 0 aliphatic rings. The Hall–Kier alpha value is -1.81. The molecular weight excluding hydrogens is 258 g/mol. The molecule has 19 heavy (non-hydrogen) atoms. The molecule has 1 N–H and O–H groups in total. The molecule has 0 aliphatic heterocycles. The van der Waals surface area contributed by atoms with E-state index in [1.54, 1.807) is 11.3 Å². The van der Waals surface area contributed by atoms with Crippen molar-refractivity contribution in [2.24, 2.45) is 0 Å². The third-order valence-corrected chi connectivity index (χ3v) is 3.76. The van der Waals surface area contributed by atoms with Gasteiger partial charge in [-0.2, -0.15) is 0 Å². The lowest BCUT2D eigenvalue weighted by atomic mass is 10.1. The van der Waals surface area contributed by atoms with Gasteiger partial charge in [-0.25, -0.2) is 0 Å². The van der Waals surface area contributed by atoms with Crippen LogP contribution < -0.4 is 10.1 Å². The van der Waals surface area contributed by atoms with Crippen molar-refractivity contribution in [1.82, 2.24) is 5.32 Å². The van der Waals surface area contributed by atoms with E-state index in [4.69, 9.17) is 4.74 Å². The van der Waals surface area contributed by atoms with E-state index in [9.17, 15) is 4.79 Å². The zero-order chi connectivity index (χ0) is 13.7. The van der Waals surface area contributed by atoms with Crippen molar-refractivity contribution in [3.05, 3.63) is 51.7 Å². The minimum atomic E-state index is -0.105. The normalized spacial score (nSPS) is 10.2. The van der Waals surface area contributed by atoms with Gasteiger partial charge in [-0.05, 0) is 48.6 Å². The molecule has 0 spiro atoms. The number of aryl methyl sites for hydroxylation is 2. The van der Waals surface area contributed by atoms with Crippen LogP contribution in [0, 0.1) is 13.8 Å². The molecule has 0 unspecified atom stereocenters. The van der Waals surface area contributed by atoms with Gasteiger partial charge in [-0.15, -0.1) is 11.3 Å². The smallest absolute Gasteiger partial charge is 0.258 e. The van der Waals surface area contributed by atoms with Gasteiger partial charge >= 0.3 is 0 Å². The van der Waals surface area contributed by atoms with Crippen LogP contribution >= 0.6 is 11.3 Å². The van der Waals surface area contributed by atoms with Crippen molar-refractivity contribution in [3.63, 3.8) is 0 Å². The number of thiophene rings is 1. The lowest BCUT2D eigenvalue weighted by Crippen LogP contribution is -2.28. The second-order valence-corrected chi connectivity index (χ2v) is 5.42. The lowest BCUT2D eigenvalue weighted by Gasteiger charge is -2.08. The number of nitrogens with one attached hydrogen (secondary N) is 1. The predicted octanol–water partition coefficient (Wildman–Crippen LogP) is 3.06. The van der Waals surface area contributed by atoms with Crippen LogP contribution in [0.15, 0.2) is 35.7 Å². The summed E-state index contributed by atoms with van der Waals surface area (Å²) in [6, 6.07) is 9.79. The fourth-order valence-electron chi connectivity index (χ4n) is 1.60. The van der Waals surface area contributed by atoms with E-state index in [0.29, 0.717) is 6.54 Å². The third-order valence-electron chi connectivity index (χ3n) is 2.89. The van der Waals surface area contributed by atoms with Crippen molar-refractivity contribution in [1.29, 1.82) is 0 Å². The molecule has 1 aromatic carbocycles. The van der Waals surface area contributed by atoms with Crippen molar-refractivity contribution in [2.75, 3.05) is 6.61 Å². The lowest BCUT2D eigenvalue weighted by molar-refractivity contribution is -0.123. The molecule has 0 saturated carbocycles. The molecule has 0 atom stereocenters. The van der Waals surface area contributed by atoms with Crippen LogP contribution in [0.1, 0.15) is 16.0 Å². The number of hydrogen-bond acceptors (Lipinski definition) is 3. The maximum atomic E-state index is 11.6. The highest BCUT2D eigenvalue weighted by Crippen LogP contribution is 2.16. The van der Waals surface area contributed by atoms with Crippen molar-refractivity contribution in [2.45, 2.75) is 20.4 Å². The third kappa shape index (κ3) is 4.10. The molecule has 0 bridgehead atoms. The van der Waals surface area contributed by atoms with E-state index in [1.807, 2.05) is 49.6 Å². The SMILES string of the molecule is Cc1ccc(OCC(=O)NCc2cccs2)cc1C. The maximum absolute atomic E-state index is 11.6. The van der Waals surface area contributed by atoms with Gasteiger partial charge in [0.1, 0.15) is 5.75 Å². The molecule has 1 amide bonds. The molecule has 1 heterocycles. The Morgan fingerprint density at radius 3 is 2.79 bits per heavy atom. The quantitative estimate of drug-likeness (QED) is 0.910. The summed E-state index contributed by atoms with van der Waals surface area (Å²) in [6.07, 6.45) is 0. The van der Waals surface area contributed by atoms with Gasteiger partial charge in [0.2, 0.25) is 0 Å². The fraction of sp³-hybridized carbons (Fsp3) is 0.267. The number of carbonyl (C=O) groups excluding carboxylic acids is 1. The zero-order valence-electron chi connectivity index (χ0n) is 11.1. The summed E-state index contributed by atoms with van der Waals surface area (Å²) in [7, 11) is 0. The highest BCUT2D eigenvalue weighted by Gasteiger charge is 2.04. The van der Waals surface area contributed by atoms with Crippen LogP contribution in [0.5, 0.6) is 5.75 Å².